The van der Waals surface area contributed by atoms with E-state index in [2.05, 4.69) is 0 Å². The quantitative estimate of drug-likeness (QED) is 0.477. The number of benzene rings is 1. The molecule has 1 fully saturated rings. The molecule has 162 valence electrons. The second kappa shape index (κ2) is 7.46. The second-order valence-corrected chi connectivity index (χ2v) is 9.07. The number of para-hydroxylation sites is 1. The summed E-state index contributed by atoms with van der Waals surface area (Å²) in [6.45, 7) is 1.15. The van der Waals surface area contributed by atoms with E-state index in [0.717, 1.165) is 6.20 Å². The summed E-state index contributed by atoms with van der Waals surface area (Å²) in [5.41, 5.74) is -3.76. The minimum Gasteiger partial charge on any atom is -0.404 e. The van der Waals surface area contributed by atoms with Crippen LogP contribution in [0.2, 0.25) is 0 Å². The van der Waals surface area contributed by atoms with Crippen molar-refractivity contribution >= 4 is 31.4 Å². The van der Waals surface area contributed by atoms with Gasteiger partial charge in [-0.2, -0.15) is 0 Å². The predicted octanol–water partition coefficient (Wildman–Crippen LogP) is -0.204. The number of rotatable bonds is 4. The molecule has 0 amide bonds. The maximum absolute atomic E-state index is 15.8. The number of aromatic amines is 1. The van der Waals surface area contributed by atoms with Crippen molar-refractivity contribution in [3.63, 3.8) is 0 Å². The van der Waals surface area contributed by atoms with E-state index in [0.29, 0.717) is 10.1 Å². The van der Waals surface area contributed by atoms with Crippen LogP contribution in [0.3, 0.4) is 0 Å². The normalized spacial score (nSPS) is 32.3. The summed E-state index contributed by atoms with van der Waals surface area (Å²) in [4.78, 5) is 25.8. The molecule has 0 saturated carbocycles. The van der Waals surface area contributed by atoms with Crippen molar-refractivity contribution in [2.75, 3.05) is 0 Å². The number of aryl methyl sites for hydroxylation is 1. The SMILES string of the molecule is [B]C([B])(OP1(=O)OCc2ccccc2O1)[C@]1(F)C[C@@H](O)[C@]([B])(n2cc(C)c(=O)[nH]c2=O)O1. The van der Waals surface area contributed by atoms with Crippen LogP contribution < -0.4 is 15.8 Å². The molecule has 6 radical (unpaired) electrons. The molecule has 0 spiro atoms. The van der Waals surface area contributed by atoms with Gasteiger partial charge in [0.2, 0.25) is 5.85 Å². The number of aliphatic hydroxyl groups is 1. The lowest BCUT2D eigenvalue weighted by atomic mass is 9.60. The summed E-state index contributed by atoms with van der Waals surface area (Å²) in [6.07, 6.45) is -1.91. The standard InChI is InChI=1S/C17H15B3FN2O8P/c1-9-7-23(14(26)22-13(9)25)16(18)12(24)6-15(21,30-16)17(19,20)31-32(27)28-8-10-4-2-3-5-11(10)29-32/h2-5,7,12,24H,6,8H2,1H3,(H,22,25,26)/t12-,15+,16+,32?/m1/s1. The van der Waals surface area contributed by atoms with Gasteiger partial charge >= 0.3 is 13.5 Å². The molecule has 4 rings (SSSR count). The van der Waals surface area contributed by atoms with Crippen molar-refractivity contribution in [2.24, 2.45) is 0 Å². The number of ether oxygens (including phenoxy) is 1. The molecule has 15 heteroatoms. The summed E-state index contributed by atoms with van der Waals surface area (Å²) in [5, 5.41) is 7.43. The van der Waals surface area contributed by atoms with Gasteiger partial charge < -0.3 is 14.4 Å². The van der Waals surface area contributed by atoms with E-state index < -0.39 is 48.5 Å². The Labute approximate surface area is 184 Å². The fraction of sp³-hybridized carbons (Fsp3) is 0.412. The molecule has 1 aromatic carbocycles. The van der Waals surface area contributed by atoms with Crippen LogP contribution in [-0.2, 0) is 30.6 Å². The summed E-state index contributed by atoms with van der Waals surface area (Å²) in [5.74, 6) is -3.12. The summed E-state index contributed by atoms with van der Waals surface area (Å²) in [7, 11) is 13.0. The Morgan fingerprint density at radius 3 is 2.78 bits per heavy atom. The third-order valence-electron chi connectivity index (χ3n) is 5.16. The van der Waals surface area contributed by atoms with E-state index in [1.54, 1.807) is 18.2 Å². The Bertz CT molecular complexity index is 1240. The number of fused-ring (bicyclic) bond motifs is 1. The number of phosphoric acid groups is 1. The summed E-state index contributed by atoms with van der Waals surface area (Å²) in [6, 6.07) is 6.44. The number of aliphatic hydroxyl groups excluding tert-OH is 1. The smallest absolute Gasteiger partial charge is 0.404 e. The van der Waals surface area contributed by atoms with Gasteiger partial charge in [0.05, 0.1) is 18.1 Å². The van der Waals surface area contributed by atoms with Crippen LogP contribution in [0.15, 0.2) is 40.1 Å². The van der Waals surface area contributed by atoms with Gasteiger partial charge in [0.15, 0.2) is 0 Å². The maximum atomic E-state index is 15.8. The van der Waals surface area contributed by atoms with E-state index in [9.17, 15) is 19.3 Å². The fourth-order valence-electron chi connectivity index (χ4n) is 3.34. The van der Waals surface area contributed by atoms with E-state index in [4.69, 9.17) is 41.8 Å². The maximum Gasteiger partial charge on any atom is 0.529 e. The molecule has 2 N–H and O–H groups in total. The van der Waals surface area contributed by atoms with Gasteiger partial charge in [0.25, 0.3) is 5.56 Å². The van der Waals surface area contributed by atoms with Crippen molar-refractivity contribution in [2.45, 2.75) is 42.9 Å². The zero-order chi connectivity index (χ0) is 23.5. The molecule has 10 nitrogen and oxygen atoms in total. The summed E-state index contributed by atoms with van der Waals surface area (Å²) < 4.78 is 49.7. The number of hydrogen-bond acceptors (Lipinski definition) is 8. The number of alkyl halides is 1. The van der Waals surface area contributed by atoms with Crippen LogP contribution in [0.4, 0.5) is 4.39 Å². The van der Waals surface area contributed by atoms with Crippen LogP contribution in [0, 0.1) is 6.92 Å². The lowest BCUT2D eigenvalue weighted by Gasteiger charge is -2.41. The Kier molecular flexibility index (Phi) is 5.38. The van der Waals surface area contributed by atoms with Crippen LogP contribution in [0.25, 0.3) is 0 Å². The van der Waals surface area contributed by atoms with Crippen molar-refractivity contribution < 1.29 is 32.4 Å². The van der Waals surface area contributed by atoms with E-state index >= 15 is 4.39 Å². The molecule has 1 aromatic heterocycles. The van der Waals surface area contributed by atoms with Gasteiger partial charge in [0.1, 0.15) is 34.9 Å². The van der Waals surface area contributed by atoms with E-state index in [1.807, 2.05) is 4.98 Å². The zero-order valence-corrected chi connectivity index (χ0v) is 17.6. The van der Waals surface area contributed by atoms with Crippen molar-refractivity contribution in [1.82, 2.24) is 9.55 Å². The highest BCUT2D eigenvalue weighted by atomic mass is 31.2. The number of nitrogens with zero attached hydrogens (tertiary/aromatic N) is 1. The van der Waals surface area contributed by atoms with Crippen LogP contribution >= 0.6 is 7.82 Å². The Morgan fingerprint density at radius 1 is 1.38 bits per heavy atom. The molecule has 0 aliphatic carbocycles. The van der Waals surface area contributed by atoms with Crippen molar-refractivity contribution in [1.29, 1.82) is 0 Å². The van der Waals surface area contributed by atoms with Crippen molar-refractivity contribution in [3.05, 3.63) is 62.4 Å². The van der Waals surface area contributed by atoms with Gasteiger partial charge in [-0.25, -0.2) is 13.8 Å². The van der Waals surface area contributed by atoms with Crippen molar-refractivity contribution in [3.8, 4) is 5.75 Å². The topological polar surface area (TPSA) is 129 Å². The molecule has 2 aliphatic heterocycles. The number of hydrogen-bond donors (Lipinski definition) is 2. The lowest BCUT2D eigenvalue weighted by Crippen LogP contribution is -2.56. The molecule has 2 aliphatic rings. The van der Waals surface area contributed by atoms with Crippen LogP contribution in [0.1, 0.15) is 17.5 Å². The molecule has 4 atom stereocenters. The van der Waals surface area contributed by atoms with Gasteiger partial charge in [-0.3, -0.25) is 23.4 Å². The molecular formula is C17H15B3FN2O8P. The molecule has 1 unspecified atom stereocenters. The molecule has 3 heterocycles. The highest BCUT2D eigenvalue weighted by Crippen LogP contribution is 2.59. The third kappa shape index (κ3) is 3.70. The first-order valence-electron chi connectivity index (χ1n) is 9.28. The van der Waals surface area contributed by atoms with Gasteiger partial charge in [-0.15, -0.1) is 0 Å². The van der Waals surface area contributed by atoms with Gasteiger partial charge in [0, 0.05) is 23.7 Å². The zero-order valence-electron chi connectivity index (χ0n) is 16.7. The molecule has 1 saturated heterocycles. The highest BCUT2D eigenvalue weighted by molar-refractivity contribution is 7.49. The first-order chi connectivity index (χ1) is 14.8. The monoisotopic (exact) mass is 458 g/mol. The van der Waals surface area contributed by atoms with Crippen LogP contribution in [0.5, 0.6) is 5.75 Å². The lowest BCUT2D eigenvalue weighted by molar-refractivity contribution is -0.219. The number of H-pyrrole nitrogens is 1. The number of halogens is 1. The highest BCUT2D eigenvalue weighted by Gasteiger charge is 2.63. The third-order valence-corrected chi connectivity index (χ3v) is 6.55. The minimum atomic E-state index is -4.53. The van der Waals surface area contributed by atoms with E-state index in [-0.39, 0.29) is 17.9 Å². The molecular weight excluding hydrogens is 443 g/mol. The average molecular weight is 458 g/mol. The molecule has 0 bridgehead atoms. The number of aromatic nitrogens is 2. The largest absolute Gasteiger partial charge is 0.529 e. The second-order valence-electron chi connectivity index (χ2n) is 7.55. The first kappa shape index (κ1) is 23.1. The Balaban J connectivity index is 1.63. The Hall–Kier alpha value is -2.11. The van der Waals surface area contributed by atoms with E-state index in [1.165, 1.54) is 13.0 Å². The van der Waals surface area contributed by atoms with Gasteiger partial charge in [-0.1, -0.05) is 18.2 Å². The number of nitrogens with one attached hydrogen (secondary N) is 1. The fourth-order valence-corrected chi connectivity index (χ4v) is 4.71. The Morgan fingerprint density at radius 2 is 2.06 bits per heavy atom. The summed E-state index contributed by atoms with van der Waals surface area (Å²) >= 11 is 0. The first-order valence-corrected chi connectivity index (χ1v) is 10.7. The predicted molar refractivity (Wildman–Crippen MR) is 110 cm³/mol. The molecule has 32 heavy (non-hydrogen) atoms. The van der Waals surface area contributed by atoms with Gasteiger partial charge in [-0.05, 0) is 13.0 Å². The molecule has 2 aromatic rings. The van der Waals surface area contributed by atoms with Crippen LogP contribution in [-0.4, -0.2) is 55.6 Å². The number of phosphoric ester groups is 1. The average Bonchev–Trinajstić information content (AvgIpc) is 2.94. The minimum absolute atomic E-state index is 0.0247.